The molecule has 88 valence electrons. The second kappa shape index (κ2) is 4.69. The molecule has 17 heavy (non-hydrogen) atoms. The van der Waals surface area contributed by atoms with Crippen LogP contribution in [0.3, 0.4) is 0 Å². The SMILES string of the molecule is CCc1ccc(Oc2ncnc(N)c2N)cc1. The molecular weight excluding hydrogens is 216 g/mol. The zero-order valence-corrected chi connectivity index (χ0v) is 9.55. The van der Waals surface area contributed by atoms with E-state index in [0.717, 1.165) is 6.42 Å². The summed E-state index contributed by atoms with van der Waals surface area (Å²) in [7, 11) is 0. The molecule has 2 rings (SSSR count). The predicted molar refractivity (Wildman–Crippen MR) is 66.8 cm³/mol. The third kappa shape index (κ3) is 2.44. The van der Waals surface area contributed by atoms with Gasteiger partial charge in [-0.15, -0.1) is 0 Å². The fraction of sp³-hybridized carbons (Fsp3) is 0.167. The number of nitrogens with two attached hydrogens (primary N) is 2. The number of nitrogens with zero attached hydrogens (tertiary/aromatic N) is 2. The lowest BCUT2D eigenvalue weighted by molar-refractivity contribution is 0.464. The van der Waals surface area contributed by atoms with Gasteiger partial charge in [0.15, 0.2) is 5.82 Å². The maximum Gasteiger partial charge on any atom is 0.248 e. The number of anilines is 2. The van der Waals surface area contributed by atoms with Crippen LogP contribution in [0, 0.1) is 0 Å². The Balaban J connectivity index is 2.22. The summed E-state index contributed by atoms with van der Waals surface area (Å²) in [6.45, 7) is 2.10. The van der Waals surface area contributed by atoms with Crippen molar-refractivity contribution in [3.8, 4) is 11.6 Å². The highest BCUT2D eigenvalue weighted by Gasteiger charge is 2.07. The van der Waals surface area contributed by atoms with Crippen molar-refractivity contribution in [2.24, 2.45) is 0 Å². The number of rotatable bonds is 3. The molecule has 0 unspecified atom stereocenters. The minimum Gasteiger partial charge on any atom is -0.437 e. The summed E-state index contributed by atoms with van der Waals surface area (Å²) >= 11 is 0. The number of hydrogen-bond acceptors (Lipinski definition) is 5. The lowest BCUT2D eigenvalue weighted by Gasteiger charge is -2.08. The third-order valence-corrected chi connectivity index (χ3v) is 2.42. The monoisotopic (exact) mass is 230 g/mol. The molecule has 2 aromatic rings. The third-order valence-electron chi connectivity index (χ3n) is 2.42. The largest absolute Gasteiger partial charge is 0.437 e. The smallest absolute Gasteiger partial charge is 0.248 e. The maximum atomic E-state index is 5.71. The fourth-order valence-electron chi connectivity index (χ4n) is 1.38. The molecule has 1 heterocycles. The van der Waals surface area contributed by atoms with Crippen molar-refractivity contribution in [3.05, 3.63) is 36.2 Å². The molecule has 0 bridgehead atoms. The lowest BCUT2D eigenvalue weighted by atomic mass is 10.2. The first kappa shape index (κ1) is 11.2. The Bertz CT molecular complexity index is 510. The highest BCUT2D eigenvalue weighted by Crippen LogP contribution is 2.27. The number of aromatic nitrogens is 2. The zero-order valence-electron chi connectivity index (χ0n) is 9.55. The van der Waals surface area contributed by atoms with Gasteiger partial charge in [0.2, 0.25) is 5.88 Å². The summed E-state index contributed by atoms with van der Waals surface area (Å²) < 4.78 is 5.53. The van der Waals surface area contributed by atoms with Gasteiger partial charge in [0.25, 0.3) is 0 Å². The predicted octanol–water partition coefficient (Wildman–Crippen LogP) is 2.00. The Morgan fingerprint density at radius 2 is 1.82 bits per heavy atom. The average Bonchev–Trinajstić information content (AvgIpc) is 2.36. The first-order chi connectivity index (χ1) is 8.20. The van der Waals surface area contributed by atoms with Gasteiger partial charge in [-0.3, -0.25) is 0 Å². The van der Waals surface area contributed by atoms with E-state index in [0.29, 0.717) is 5.75 Å². The minimum absolute atomic E-state index is 0.222. The summed E-state index contributed by atoms with van der Waals surface area (Å²) in [5.74, 6) is 1.17. The van der Waals surface area contributed by atoms with Crippen molar-refractivity contribution in [3.63, 3.8) is 0 Å². The second-order valence-electron chi connectivity index (χ2n) is 3.58. The van der Waals surface area contributed by atoms with Crippen LogP contribution in [-0.2, 0) is 6.42 Å². The molecule has 0 aliphatic rings. The van der Waals surface area contributed by atoms with Crippen molar-refractivity contribution in [2.45, 2.75) is 13.3 Å². The summed E-state index contributed by atoms with van der Waals surface area (Å²) in [6.07, 6.45) is 2.31. The molecule has 1 aromatic carbocycles. The molecule has 5 nitrogen and oxygen atoms in total. The molecule has 0 saturated carbocycles. The van der Waals surface area contributed by atoms with E-state index in [4.69, 9.17) is 16.2 Å². The molecule has 0 spiro atoms. The van der Waals surface area contributed by atoms with Crippen LogP contribution < -0.4 is 16.2 Å². The van der Waals surface area contributed by atoms with Crippen LogP contribution in [0.1, 0.15) is 12.5 Å². The lowest BCUT2D eigenvalue weighted by Crippen LogP contribution is -2.02. The number of hydrogen-bond donors (Lipinski definition) is 2. The fourth-order valence-corrected chi connectivity index (χ4v) is 1.38. The van der Waals surface area contributed by atoms with E-state index in [2.05, 4.69) is 16.9 Å². The highest BCUT2D eigenvalue weighted by molar-refractivity contribution is 5.64. The molecule has 0 fully saturated rings. The summed E-state index contributed by atoms with van der Waals surface area (Å²) in [6, 6.07) is 7.74. The van der Waals surface area contributed by atoms with Gasteiger partial charge in [-0.1, -0.05) is 19.1 Å². The number of ether oxygens (including phenoxy) is 1. The van der Waals surface area contributed by atoms with Crippen molar-refractivity contribution in [2.75, 3.05) is 11.5 Å². The molecule has 0 radical (unpaired) electrons. The van der Waals surface area contributed by atoms with Gasteiger partial charge in [-0.2, -0.15) is 4.98 Å². The average molecular weight is 230 g/mol. The first-order valence-corrected chi connectivity index (χ1v) is 5.33. The van der Waals surface area contributed by atoms with Gasteiger partial charge in [0, 0.05) is 0 Å². The molecule has 0 atom stereocenters. The number of aryl methyl sites for hydroxylation is 1. The Morgan fingerprint density at radius 3 is 2.47 bits per heavy atom. The van der Waals surface area contributed by atoms with E-state index in [1.54, 1.807) is 0 Å². The quantitative estimate of drug-likeness (QED) is 0.842. The van der Waals surface area contributed by atoms with E-state index >= 15 is 0 Å². The van der Waals surface area contributed by atoms with E-state index in [9.17, 15) is 0 Å². The number of nitrogen functional groups attached to an aromatic ring is 2. The van der Waals surface area contributed by atoms with E-state index in [-0.39, 0.29) is 17.4 Å². The zero-order chi connectivity index (χ0) is 12.3. The van der Waals surface area contributed by atoms with Crippen LogP contribution in [0.25, 0.3) is 0 Å². The van der Waals surface area contributed by atoms with Crippen molar-refractivity contribution < 1.29 is 4.74 Å². The normalized spacial score (nSPS) is 10.2. The van der Waals surface area contributed by atoms with Gasteiger partial charge >= 0.3 is 0 Å². The molecule has 1 aromatic heterocycles. The molecule has 0 saturated heterocycles. The van der Waals surface area contributed by atoms with Crippen molar-refractivity contribution >= 4 is 11.5 Å². The summed E-state index contributed by atoms with van der Waals surface area (Å²) in [4.78, 5) is 7.71. The highest BCUT2D eigenvalue weighted by atomic mass is 16.5. The molecular formula is C12H14N4O. The van der Waals surface area contributed by atoms with Crippen LogP contribution in [0.15, 0.2) is 30.6 Å². The standard InChI is InChI=1S/C12H14N4O/c1-2-8-3-5-9(6-4-8)17-12-10(13)11(14)15-7-16-12/h3-7H,2,13H2,1H3,(H2,14,15,16). The second-order valence-corrected chi connectivity index (χ2v) is 3.58. The Hall–Kier alpha value is -2.30. The van der Waals surface area contributed by atoms with Crippen molar-refractivity contribution in [1.82, 2.24) is 9.97 Å². The molecule has 0 aliphatic heterocycles. The topological polar surface area (TPSA) is 87.0 Å². The summed E-state index contributed by atoms with van der Waals surface area (Å²) in [5, 5.41) is 0. The molecule has 4 N–H and O–H groups in total. The van der Waals surface area contributed by atoms with Crippen LogP contribution in [0.2, 0.25) is 0 Å². The van der Waals surface area contributed by atoms with E-state index < -0.39 is 0 Å². The van der Waals surface area contributed by atoms with Crippen molar-refractivity contribution in [1.29, 1.82) is 0 Å². The summed E-state index contributed by atoms with van der Waals surface area (Å²) in [5.41, 5.74) is 12.8. The van der Waals surface area contributed by atoms with Gasteiger partial charge in [0.1, 0.15) is 17.8 Å². The minimum atomic E-state index is 0.222. The Labute approximate surface area is 99.5 Å². The van der Waals surface area contributed by atoms with E-state index in [1.807, 2.05) is 24.3 Å². The van der Waals surface area contributed by atoms with Crippen LogP contribution in [0.5, 0.6) is 11.6 Å². The maximum absolute atomic E-state index is 5.71. The molecule has 0 aliphatic carbocycles. The van der Waals surface area contributed by atoms with Crippen LogP contribution in [0.4, 0.5) is 11.5 Å². The van der Waals surface area contributed by atoms with Crippen LogP contribution >= 0.6 is 0 Å². The number of benzene rings is 1. The van der Waals surface area contributed by atoms with Gasteiger partial charge < -0.3 is 16.2 Å². The molecule has 0 amide bonds. The Morgan fingerprint density at radius 1 is 1.12 bits per heavy atom. The van der Waals surface area contributed by atoms with Gasteiger partial charge in [-0.05, 0) is 24.1 Å². The van der Waals surface area contributed by atoms with Gasteiger partial charge in [-0.25, -0.2) is 4.98 Å². The van der Waals surface area contributed by atoms with E-state index in [1.165, 1.54) is 11.9 Å². The molecule has 5 heteroatoms. The van der Waals surface area contributed by atoms with Crippen LogP contribution in [-0.4, -0.2) is 9.97 Å². The van der Waals surface area contributed by atoms with Gasteiger partial charge in [0.05, 0.1) is 0 Å². The first-order valence-electron chi connectivity index (χ1n) is 5.33. The Kier molecular flexibility index (Phi) is 3.09.